The van der Waals surface area contributed by atoms with E-state index in [-0.39, 0.29) is 30.5 Å². The second-order valence-corrected chi connectivity index (χ2v) is 5.07. The van der Waals surface area contributed by atoms with E-state index in [0.29, 0.717) is 11.4 Å². The molecule has 6 heteroatoms. The number of carboxylic acid groups (broad SMARTS) is 1. The lowest BCUT2D eigenvalue weighted by Gasteiger charge is -2.35. The predicted molar refractivity (Wildman–Crippen MR) is 72.0 cm³/mol. The SMILES string of the molecule is CC(C)C1Oc2cc(O)ccc2N(CCC(=O)O)C1=O. The summed E-state index contributed by atoms with van der Waals surface area (Å²) in [6.07, 6.45) is -0.810. The number of aromatic hydroxyl groups is 1. The van der Waals surface area contributed by atoms with Gasteiger partial charge in [0.05, 0.1) is 12.1 Å². The molecule has 1 atom stereocenters. The Morgan fingerprint density at radius 1 is 1.45 bits per heavy atom. The number of carbonyl (C=O) groups excluding carboxylic acids is 1. The summed E-state index contributed by atoms with van der Waals surface area (Å²) >= 11 is 0. The van der Waals surface area contributed by atoms with Crippen LogP contribution in [0.1, 0.15) is 20.3 Å². The zero-order valence-electron chi connectivity index (χ0n) is 11.4. The molecule has 1 aliphatic rings. The number of amides is 1. The van der Waals surface area contributed by atoms with Crippen molar-refractivity contribution in [3.63, 3.8) is 0 Å². The average molecular weight is 279 g/mol. The van der Waals surface area contributed by atoms with Gasteiger partial charge in [-0.25, -0.2) is 0 Å². The number of carbonyl (C=O) groups is 2. The third kappa shape index (κ3) is 2.68. The van der Waals surface area contributed by atoms with E-state index in [9.17, 15) is 14.7 Å². The zero-order chi connectivity index (χ0) is 14.9. The number of rotatable bonds is 4. The van der Waals surface area contributed by atoms with Crippen LogP contribution in [0.25, 0.3) is 0 Å². The van der Waals surface area contributed by atoms with Crippen molar-refractivity contribution in [1.82, 2.24) is 0 Å². The summed E-state index contributed by atoms with van der Waals surface area (Å²) < 4.78 is 5.62. The van der Waals surface area contributed by atoms with E-state index in [2.05, 4.69) is 0 Å². The van der Waals surface area contributed by atoms with Crippen molar-refractivity contribution >= 4 is 17.6 Å². The van der Waals surface area contributed by atoms with E-state index in [1.807, 2.05) is 13.8 Å². The van der Waals surface area contributed by atoms with E-state index in [1.165, 1.54) is 17.0 Å². The Kier molecular flexibility index (Phi) is 3.83. The number of carboxylic acids is 1. The number of anilines is 1. The molecular formula is C14H17NO5. The number of phenols is 1. The molecule has 2 rings (SSSR count). The van der Waals surface area contributed by atoms with Crippen LogP contribution in [0.2, 0.25) is 0 Å². The van der Waals surface area contributed by atoms with Gasteiger partial charge < -0.3 is 19.8 Å². The molecular weight excluding hydrogens is 262 g/mol. The van der Waals surface area contributed by atoms with Crippen molar-refractivity contribution in [2.45, 2.75) is 26.4 Å². The Bertz CT molecular complexity index is 540. The molecule has 6 nitrogen and oxygen atoms in total. The molecule has 0 spiro atoms. The highest BCUT2D eigenvalue weighted by atomic mass is 16.5. The molecule has 20 heavy (non-hydrogen) atoms. The van der Waals surface area contributed by atoms with E-state index in [0.717, 1.165) is 0 Å². The number of hydrogen-bond acceptors (Lipinski definition) is 4. The Morgan fingerprint density at radius 2 is 2.15 bits per heavy atom. The minimum atomic E-state index is -0.967. The number of phenolic OH excluding ortho intramolecular Hbond substituents is 1. The van der Waals surface area contributed by atoms with Crippen LogP contribution in [0, 0.1) is 5.92 Å². The molecule has 1 unspecified atom stereocenters. The fourth-order valence-electron chi connectivity index (χ4n) is 2.14. The van der Waals surface area contributed by atoms with E-state index in [4.69, 9.17) is 9.84 Å². The van der Waals surface area contributed by atoms with Gasteiger partial charge in [0.1, 0.15) is 11.5 Å². The van der Waals surface area contributed by atoms with E-state index in [1.54, 1.807) is 6.07 Å². The van der Waals surface area contributed by atoms with Crippen LogP contribution in [-0.4, -0.2) is 34.7 Å². The Morgan fingerprint density at radius 3 is 2.75 bits per heavy atom. The Labute approximate surface area is 116 Å². The molecule has 0 bridgehead atoms. The monoisotopic (exact) mass is 279 g/mol. The van der Waals surface area contributed by atoms with Gasteiger partial charge >= 0.3 is 5.97 Å². The van der Waals surface area contributed by atoms with Crippen molar-refractivity contribution in [2.75, 3.05) is 11.4 Å². The predicted octanol–water partition coefficient (Wildman–Crippen LogP) is 1.62. The topological polar surface area (TPSA) is 87.1 Å². The minimum absolute atomic E-state index is 0.0405. The summed E-state index contributed by atoms with van der Waals surface area (Å²) in [6.45, 7) is 3.79. The molecule has 0 saturated carbocycles. The Balaban J connectivity index is 2.37. The molecule has 1 heterocycles. The number of fused-ring (bicyclic) bond motifs is 1. The standard InChI is InChI=1S/C14H17NO5/c1-8(2)13-14(19)15(6-5-12(17)18)10-4-3-9(16)7-11(10)20-13/h3-4,7-8,13,16H,5-6H2,1-2H3,(H,17,18). The highest BCUT2D eigenvalue weighted by molar-refractivity contribution is 6.00. The van der Waals surface area contributed by atoms with E-state index >= 15 is 0 Å². The van der Waals surface area contributed by atoms with Crippen LogP contribution >= 0.6 is 0 Å². The van der Waals surface area contributed by atoms with Crippen LogP contribution in [0.5, 0.6) is 11.5 Å². The van der Waals surface area contributed by atoms with Crippen LogP contribution in [0.15, 0.2) is 18.2 Å². The summed E-state index contributed by atoms with van der Waals surface area (Å²) in [5, 5.41) is 18.3. The van der Waals surface area contributed by atoms with Crippen molar-refractivity contribution < 1.29 is 24.5 Å². The van der Waals surface area contributed by atoms with Gasteiger partial charge in [-0.1, -0.05) is 13.8 Å². The highest BCUT2D eigenvalue weighted by Crippen LogP contribution is 2.38. The fourth-order valence-corrected chi connectivity index (χ4v) is 2.14. The first kappa shape index (κ1) is 14.2. The lowest BCUT2D eigenvalue weighted by molar-refractivity contribution is -0.136. The summed E-state index contributed by atoms with van der Waals surface area (Å²) in [5.41, 5.74) is 0.492. The number of benzene rings is 1. The first-order valence-electron chi connectivity index (χ1n) is 6.43. The number of aliphatic carboxylic acids is 1. The van der Waals surface area contributed by atoms with Gasteiger partial charge in [-0.3, -0.25) is 9.59 Å². The molecule has 0 aromatic heterocycles. The van der Waals surface area contributed by atoms with Gasteiger partial charge in [-0.15, -0.1) is 0 Å². The normalized spacial score (nSPS) is 17.9. The maximum atomic E-state index is 12.4. The fraction of sp³-hybridized carbons (Fsp3) is 0.429. The Hall–Kier alpha value is -2.24. The highest BCUT2D eigenvalue weighted by Gasteiger charge is 2.36. The maximum absolute atomic E-state index is 12.4. The molecule has 1 amide bonds. The molecule has 1 aromatic rings. The van der Waals surface area contributed by atoms with Gasteiger partial charge in [-0.2, -0.15) is 0 Å². The van der Waals surface area contributed by atoms with Gasteiger partial charge in [0.2, 0.25) is 0 Å². The summed E-state index contributed by atoms with van der Waals surface area (Å²) in [7, 11) is 0. The number of hydrogen-bond donors (Lipinski definition) is 2. The molecule has 2 N–H and O–H groups in total. The molecule has 108 valence electrons. The zero-order valence-corrected chi connectivity index (χ0v) is 11.4. The van der Waals surface area contributed by atoms with Gasteiger partial charge in [0, 0.05) is 12.6 Å². The van der Waals surface area contributed by atoms with Gasteiger partial charge in [0.15, 0.2) is 6.10 Å². The third-order valence-electron chi connectivity index (χ3n) is 3.15. The van der Waals surface area contributed by atoms with E-state index < -0.39 is 12.1 Å². The second-order valence-electron chi connectivity index (χ2n) is 5.07. The first-order chi connectivity index (χ1) is 9.40. The van der Waals surface area contributed by atoms with Crippen molar-refractivity contribution in [3.8, 4) is 11.5 Å². The summed E-state index contributed by atoms with van der Waals surface area (Å²) in [4.78, 5) is 24.5. The lowest BCUT2D eigenvalue weighted by atomic mass is 10.0. The average Bonchev–Trinajstić information content (AvgIpc) is 2.36. The molecule has 0 saturated heterocycles. The molecule has 0 aliphatic carbocycles. The number of nitrogens with zero attached hydrogens (tertiary/aromatic N) is 1. The summed E-state index contributed by atoms with van der Waals surface area (Å²) in [6, 6.07) is 4.44. The molecule has 0 fully saturated rings. The van der Waals surface area contributed by atoms with Crippen molar-refractivity contribution in [3.05, 3.63) is 18.2 Å². The first-order valence-corrected chi connectivity index (χ1v) is 6.43. The molecule has 1 aliphatic heterocycles. The van der Waals surface area contributed by atoms with Crippen LogP contribution in [0.4, 0.5) is 5.69 Å². The maximum Gasteiger partial charge on any atom is 0.305 e. The van der Waals surface area contributed by atoms with Crippen LogP contribution in [-0.2, 0) is 9.59 Å². The quantitative estimate of drug-likeness (QED) is 0.874. The van der Waals surface area contributed by atoms with Gasteiger partial charge in [-0.05, 0) is 18.1 Å². The van der Waals surface area contributed by atoms with Crippen molar-refractivity contribution in [1.29, 1.82) is 0 Å². The molecule has 0 radical (unpaired) electrons. The van der Waals surface area contributed by atoms with Crippen LogP contribution in [0.3, 0.4) is 0 Å². The minimum Gasteiger partial charge on any atom is -0.508 e. The smallest absolute Gasteiger partial charge is 0.305 e. The summed E-state index contributed by atoms with van der Waals surface area (Å²) in [5.74, 6) is -0.831. The van der Waals surface area contributed by atoms with Gasteiger partial charge in [0.25, 0.3) is 5.91 Å². The largest absolute Gasteiger partial charge is 0.508 e. The molecule has 1 aromatic carbocycles. The third-order valence-corrected chi connectivity index (χ3v) is 3.15. The van der Waals surface area contributed by atoms with Crippen molar-refractivity contribution in [2.24, 2.45) is 5.92 Å². The van der Waals surface area contributed by atoms with Crippen LogP contribution < -0.4 is 9.64 Å². The number of ether oxygens (including phenoxy) is 1. The second kappa shape index (κ2) is 5.40. The lowest BCUT2D eigenvalue weighted by Crippen LogP contribution is -2.49.